The standard InChI is InChI=1S/C18H24N4O3.C7H6F2O/c1-11-3-4-16(25-11)17(23)20-12-5-6-19-15(7-12)18(24)22-10-13-8-14(22)9-21(13)2;1-10-6-4-2-3-5(8)7(6)9/h5-7,11,13-14,16H,3-4,8-10H2,1-2H3,(H,19,20,23);2-4H,1H3/t11?,13?,14-,16?;/m1./s1. The van der Waals surface area contributed by atoms with Gasteiger partial charge in [-0.05, 0) is 57.5 Å². The van der Waals surface area contributed by atoms with Gasteiger partial charge in [-0.3, -0.25) is 19.5 Å². The van der Waals surface area contributed by atoms with Crippen molar-refractivity contribution >= 4 is 17.5 Å². The van der Waals surface area contributed by atoms with Crippen molar-refractivity contribution in [3.05, 3.63) is 53.9 Å². The Hall–Kier alpha value is -3.11. The fourth-order valence-corrected chi connectivity index (χ4v) is 4.75. The number of benzene rings is 1. The number of nitrogens with one attached hydrogen (secondary N) is 1. The van der Waals surface area contributed by atoms with Crippen molar-refractivity contribution in [3.8, 4) is 5.75 Å². The first kappa shape index (κ1) is 25.0. The molecule has 0 spiro atoms. The largest absolute Gasteiger partial charge is 0.494 e. The van der Waals surface area contributed by atoms with Gasteiger partial charge in [0, 0.05) is 37.1 Å². The Morgan fingerprint density at radius 3 is 2.57 bits per heavy atom. The smallest absolute Gasteiger partial charge is 0.272 e. The summed E-state index contributed by atoms with van der Waals surface area (Å²) >= 11 is 0. The fourth-order valence-electron chi connectivity index (χ4n) is 4.75. The predicted octanol–water partition coefficient (Wildman–Crippen LogP) is 3.09. The number of carbonyl (C=O) groups is 2. The zero-order valence-corrected chi connectivity index (χ0v) is 20.0. The van der Waals surface area contributed by atoms with Gasteiger partial charge in [0.25, 0.3) is 11.8 Å². The quantitative estimate of drug-likeness (QED) is 0.712. The summed E-state index contributed by atoms with van der Waals surface area (Å²) in [6, 6.07) is 7.88. The van der Waals surface area contributed by atoms with Crippen LogP contribution in [0.2, 0.25) is 0 Å². The Morgan fingerprint density at radius 2 is 1.97 bits per heavy atom. The number of carbonyl (C=O) groups excluding carboxylic acids is 2. The average Bonchev–Trinajstić information content (AvgIpc) is 3.56. The van der Waals surface area contributed by atoms with E-state index in [0.29, 0.717) is 17.4 Å². The molecule has 1 aromatic carbocycles. The van der Waals surface area contributed by atoms with Gasteiger partial charge in [-0.15, -0.1) is 0 Å². The van der Waals surface area contributed by atoms with E-state index in [1.165, 1.54) is 19.2 Å². The molecule has 1 N–H and O–H groups in total. The zero-order valence-electron chi connectivity index (χ0n) is 20.0. The number of anilines is 1. The van der Waals surface area contributed by atoms with Gasteiger partial charge in [-0.2, -0.15) is 4.39 Å². The van der Waals surface area contributed by atoms with Gasteiger partial charge in [-0.25, -0.2) is 4.39 Å². The van der Waals surface area contributed by atoms with Crippen molar-refractivity contribution in [3.63, 3.8) is 0 Å². The van der Waals surface area contributed by atoms with Crippen LogP contribution in [0.4, 0.5) is 14.5 Å². The van der Waals surface area contributed by atoms with Gasteiger partial charge in [0.1, 0.15) is 11.8 Å². The zero-order chi connectivity index (χ0) is 25.1. The van der Waals surface area contributed by atoms with Crippen molar-refractivity contribution in [2.24, 2.45) is 0 Å². The molecule has 2 amide bonds. The number of pyridine rings is 1. The maximum Gasteiger partial charge on any atom is 0.272 e. The topological polar surface area (TPSA) is 84.0 Å². The van der Waals surface area contributed by atoms with Crippen LogP contribution in [0.3, 0.4) is 0 Å². The molecule has 4 atom stereocenters. The van der Waals surface area contributed by atoms with Crippen LogP contribution in [0, 0.1) is 11.6 Å². The van der Waals surface area contributed by atoms with Gasteiger partial charge < -0.3 is 19.7 Å². The lowest BCUT2D eigenvalue weighted by Gasteiger charge is -2.31. The highest BCUT2D eigenvalue weighted by atomic mass is 19.2. The van der Waals surface area contributed by atoms with E-state index in [-0.39, 0.29) is 29.7 Å². The summed E-state index contributed by atoms with van der Waals surface area (Å²) in [4.78, 5) is 33.5. The second-order valence-electron chi connectivity index (χ2n) is 9.13. The summed E-state index contributed by atoms with van der Waals surface area (Å²) in [6.45, 7) is 3.65. The van der Waals surface area contributed by atoms with Crippen molar-refractivity contribution in [1.29, 1.82) is 0 Å². The molecular weight excluding hydrogens is 458 g/mol. The van der Waals surface area contributed by atoms with E-state index in [4.69, 9.17) is 4.74 Å². The normalized spacial score (nSPS) is 25.2. The van der Waals surface area contributed by atoms with Gasteiger partial charge in [-0.1, -0.05) is 6.07 Å². The predicted molar refractivity (Wildman–Crippen MR) is 125 cm³/mol. The molecule has 3 saturated heterocycles. The van der Waals surface area contributed by atoms with Gasteiger partial charge in [0.15, 0.2) is 11.6 Å². The summed E-state index contributed by atoms with van der Waals surface area (Å²) in [6.07, 6.45) is 3.94. The first-order chi connectivity index (χ1) is 16.8. The molecule has 35 heavy (non-hydrogen) atoms. The highest BCUT2D eigenvalue weighted by molar-refractivity contribution is 5.97. The summed E-state index contributed by atoms with van der Waals surface area (Å²) in [5.74, 6) is -2.11. The average molecular weight is 489 g/mol. The number of hydrogen-bond acceptors (Lipinski definition) is 6. The van der Waals surface area contributed by atoms with Crippen molar-refractivity contribution < 1.29 is 27.8 Å². The Kier molecular flexibility index (Phi) is 7.61. The SMILES string of the molecule is CC1CCC(C(=O)Nc2ccnc(C(=O)N3CC4C[C@@H]3CN4C)c2)O1.COc1cccc(F)c1F. The summed E-state index contributed by atoms with van der Waals surface area (Å²) in [5, 5.41) is 2.85. The second-order valence-corrected chi connectivity index (χ2v) is 9.13. The van der Waals surface area contributed by atoms with E-state index in [1.54, 1.807) is 18.3 Å². The van der Waals surface area contributed by atoms with Crippen LogP contribution >= 0.6 is 0 Å². The summed E-state index contributed by atoms with van der Waals surface area (Å²) < 4.78 is 34.9. The van der Waals surface area contributed by atoms with Crippen molar-refractivity contribution in [1.82, 2.24) is 14.8 Å². The van der Waals surface area contributed by atoms with Crippen molar-refractivity contribution in [2.75, 3.05) is 32.6 Å². The minimum atomic E-state index is -0.940. The second kappa shape index (κ2) is 10.7. The van der Waals surface area contributed by atoms with Gasteiger partial charge >= 0.3 is 0 Å². The molecule has 3 aliphatic rings. The Balaban J connectivity index is 0.000000243. The lowest BCUT2D eigenvalue weighted by Crippen LogP contribution is -2.47. The minimum absolute atomic E-state index is 0.0533. The first-order valence-corrected chi connectivity index (χ1v) is 11.7. The third kappa shape index (κ3) is 5.59. The Bertz CT molecular complexity index is 1080. The molecular formula is C25H30F2N4O4. The molecule has 3 aliphatic heterocycles. The highest BCUT2D eigenvalue weighted by Crippen LogP contribution is 2.30. The number of amides is 2. The number of methoxy groups -OCH3 is 1. The lowest BCUT2D eigenvalue weighted by atomic mass is 10.2. The maximum atomic E-state index is 12.8. The number of halogens is 2. The van der Waals surface area contributed by atoms with E-state index in [9.17, 15) is 18.4 Å². The van der Waals surface area contributed by atoms with Crippen LogP contribution in [0.1, 0.15) is 36.7 Å². The highest BCUT2D eigenvalue weighted by Gasteiger charge is 2.44. The number of rotatable bonds is 4. The van der Waals surface area contributed by atoms with Crippen LogP contribution in [0.5, 0.6) is 5.75 Å². The lowest BCUT2D eigenvalue weighted by molar-refractivity contribution is -0.126. The number of fused-ring (bicyclic) bond motifs is 2. The van der Waals surface area contributed by atoms with Gasteiger partial charge in [0.2, 0.25) is 5.82 Å². The van der Waals surface area contributed by atoms with Crippen molar-refractivity contribution in [2.45, 2.75) is 50.5 Å². The van der Waals surface area contributed by atoms with E-state index >= 15 is 0 Å². The number of nitrogens with zero attached hydrogens (tertiary/aromatic N) is 3. The monoisotopic (exact) mass is 488 g/mol. The summed E-state index contributed by atoms with van der Waals surface area (Å²) in [5.41, 5.74) is 0.974. The van der Waals surface area contributed by atoms with Crippen LogP contribution in [0.15, 0.2) is 36.5 Å². The third-order valence-corrected chi connectivity index (χ3v) is 6.68. The molecule has 5 rings (SSSR count). The summed E-state index contributed by atoms with van der Waals surface area (Å²) in [7, 11) is 3.39. The molecule has 188 valence electrons. The van der Waals surface area contributed by atoms with Gasteiger partial charge in [0.05, 0.1) is 13.2 Å². The Morgan fingerprint density at radius 1 is 1.17 bits per heavy atom. The van der Waals surface area contributed by atoms with Crippen LogP contribution in [-0.4, -0.2) is 78.1 Å². The molecule has 2 aromatic rings. The van der Waals surface area contributed by atoms with Crippen LogP contribution < -0.4 is 10.1 Å². The fraction of sp³-hybridized carbons (Fsp3) is 0.480. The molecule has 4 heterocycles. The maximum absolute atomic E-state index is 12.8. The number of piperazine rings is 1. The Labute approximate surface area is 203 Å². The number of hydrogen-bond donors (Lipinski definition) is 1. The van der Waals surface area contributed by atoms with E-state index in [0.717, 1.165) is 38.4 Å². The molecule has 10 heteroatoms. The van der Waals surface area contributed by atoms with Crippen LogP contribution in [-0.2, 0) is 9.53 Å². The third-order valence-electron chi connectivity index (χ3n) is 6.68. The molecule has 8 nitrogen and oxygen atoms in total. The molecule has 1 aromatic heterocycles. The molecule has 2 bridgehead atoms. The molecule has 0 aliphatic carbocycles. The van der Waals surface area contributed by atoms with E-state index in [1.807, 2.05) is 11.8 Å². The van der Waals surface area contributed by atoms with Crippen LogP contribution in [0.25, 0.3) is 0 Å². The minimum Gasteiger partial charge on any atom is -0.494 e. The number of likely N-dealkylation sites (tertiary alicyclic amines) is 2. The molecule has 0 saturated carbocycles. The molecule has 0 radical (unpaired) electrons. The molecule has 3 fully saturated rings. The number of aromatic nitrogens is 1. The number of ether oxygens (including phenoxy) is 2. The van der Waals surface area contributed by atoms with E-state index < -0.39 is 17.7 Å². The molecule has 3 unspecified atom stereocenters. The first-order valence-electron chi connectivity index (χ1n) is 11.7. The van der Waals surface area contributed by atoms with E-state index in [2.05, 4.69) is 27.0 Å². The number of likely N-dealkylation sites (N-methyl/N-ethyl adjacent to an activating group) is 1.